The van der Waals surface area contributed by atoms with Crippen molar-refractivity contribution in [1.29, 1.82) is 0 Å². The van der Waals surface area contributed by atoms with Crippen LogP contribution in [-0.2, 0) is 14.3 Å². The molecule has 1 aromatic carbocycles. The second kappa shape index (κ2) is 5.19. The van der Waals surface area contributed by atoms with E-state index in [1.54, 1.807) is 0 Å². The van der Waals surface area contributed by atoms with Gasteiger partial charge in [0.05, 0.1) is 12.4 Å². The normalized spacial score (nSPS) is 25.7. The van der Waals surface area contributed by atoms with Gasteiger partial charge in [0.15, 0.2) is 0 Å². The molecule has 1 aliphatic rings. The molecule has 3 nitrogen and oxygen atoms in total. The van der Waals surface area contributed by atoms with Gasteiger partial charge in [-0.15, -0.1) is 0 Å². The van der Waals surface area contributed by atoms with Crippen molar-refractivity contribution < 1.29 is 12.6 Å². The number of hydrogen-bond donors (Lipinski definition) is 0. The lowest BCUT2D eigenvalue weighted by Gasteiger charge is -2.30. The molecule has 1 aromatic rings. The van der Waals surface area contributed by atoms with E-state index in [0.29, 0.717) is 0 Å². The van der Waals surface area contributed by atoms with Crippen LogP contribution in [0.3, 0.4) is 0 Å². The van der Waals surface area contributed by atoms with E-state index in [4.69, 9.17) is 4.18 Å². The molecule has 4 heteroatoms. The van der Waals surface area contributed by atoms with Crippen LogP contribution in [0.2, 0.25) is 0 Å². The largest absolute Gasteiger partial charge is 0.266 e. The summed E-state index contributed by atoms with van der Waals surface area (Å²) in [5, 5.41) is 0. The molecule has 0 bridgehead atoms. The smallest absolute Gasteiger partial charge is 0.264 e. The van der Waals surface area contributed by atoms with Gasteiger partial charge in [0, 0.05) is 5.92 Å². The van der Waals surface area contributed by atoms with E-state index in [0.717, 1.165) is 31.9 Å². The highest BCUT2D eigenvalue weighted by atomic mass is 32.2. The maximum Gasteiger partial charge on any atom is 0.264 e. The van der Waals surface area contributed by atoms with Gasteiger partial charge in [0.1, 0.15) is 0 Å². The molecule has 0 radical (unpaired) electrons. The minimum absolute atomic E-state index is 0.193. The average Bonchev–Trinajstić information content (AvgIpc) is 2.29. The van der Waals surface area contributed by atoms with Crippen LogP contribution < -0.4 is 0 Å². The summed E-state index contributed by atoms with van der Waals surface area (Å²) in [4.78, 5) is 0. The summed E-state index contributed by atoms with van der Waals surface area (Å²) >= 11 is 0. The summed E-state index contributed by atoms with van der Waals surface area (Å²) in [7, 11) is -3.36. The van der Waals surface area contributed by atoms with Crippen molar-refractivity contribution >= 4 is 10.1 Å². The Morgan fingerprint density at radius 1 is 1.12 bits per heavy atom. The van der Waals surface area contributed by atoms with Crippen molar-refractivity contribution in [2.24, 2.45) is 0 Å². The van der Waals surface area contributed by atoms with Gasteiger partial charge in [-0.2, -0.15) is 8.42 Å². The molecular weight excluding hydrogens is 236 g/mol. The Balaban J connectivity index is 2.18. The quantitative estimate of drug-likeness (QED) is 0.779. The zero-order valence-corrected chi connectivity index (χ0v) is 10.8. The third-order valence-electron chi connectivity index (χ3n) is 3.23. The van der Waals surface area contributed by atoms with E-state index in [1.807, 2.05) is 18.2 Å². The SMILES string of the molecule is CS(=O)(=O)O[C@H]1CCCC[C@H]1c1ccccc1. The maximum absolute atomic E-state index is 11.3. The van der Waals surface area contributed by atoms with Crippen LogP contribution in [0.15, 0.2) is 30.3 Å². The van der Waals surface area contributed by atoms with Crippen LogP contribution in [0, 0.1) is 0 Å². The summed E-state index contributed by atoms with van der Waals surface area (Å²) in [6.07, 6.45) is 4.95. The van der Waals surface area contributed by atoms with Crippen LogP contribution in [0.5, 0.6) is 0 Å². The van der Waals surface area contributed by atoms with E-state index in [1.165, 1.54) is 5.56 Å². The van der Waals surface area contributed by atoms with Crippen LogP contribution in [-0.4, -0.2) is 20.8 Å². The Morgan fingerprint density at radius 3 is 2.41 bits per heavy atom. The van der Waals surface area contributed by atoms with Gasteiger partial charge in [-0.05, 0) is 18.4 Å². The Labute approximate surface area is 103 Å². The van der Waals surface area contributed by atoms with Crippen LogP contribution in [0.25, 0.3) is 0 Å². The lowest BCUT2D eigenvalue weighted by atomic mass is 9.82. The van der Waals surface area contributed by atoms with Gasteiger partial charge in [0.25, 0.3) is 10.1 Å². The number of rotatable bonds is 3. The lowest BCUT2D eigenvalue weighted by Crippen LogP contribution is -2.28. The first kappa shape index (κ1) is 12.6. The molecule has 94 valence electrons. The highest BCUT2D eigenvalue weighted by Crippen LogP contribution is 2.35. The van der Waals surface area contributed by atoms with E-state index in [9.17, 15) is 8.42 Å². The minimum Gasteiger partial charge on any atom is -0.266 e. The van der Waals surface area contributed by atoms with E-state index in [2.05, 4.69) is 12.1 Å². The average molecular weight is 254 g/mol. The molecule has 0 spiro atoms. The third kappa shape index (κ3) is 3.54. The maximum atomic E-state index is 11.3. The van der Waals surface area contributed by atoms with Crippen LogP contribution in [0.4, 0.5) is 0 Å². The van der Waals surface area contributed by atoms with Gasteiger partial charge in [-0.3, -0.25) is 4.18 Å². The fourth-order valence-corrected chi connectivity index (χ4v) is 3.20. The first-order valence-electron chi connectivity index (χ1n) is 5.99. The Bertz CT molecular complexity index is 453. The van der Waals surface area contributed by atoms with Crippen molar-refractivity contribution in [3.63, 3.8) is 0 Å². The summed E-state index contributed by atoms with van der Waals surface area (Å²) in [5.74, 6) is 0.208. The first-order chi connectivity index (χ1) is 8.06. The topological polar surface area (TPSA) is 43.4 Å². The van der Waals surface area contributed by atoms with E-state index >= 15 is 0 Å². The molecule has 1 fully saturated rings. The van der Waals surface area contributed by atoms with Crippen molar-refractivity contribution in [3.8, 4) is 0 Å². The Morgan fingerprint density at radius 2 is 1.76 bits per heavy atom. The molecule has 17 heavy (non-hydrogen) atoms. The zero-order chi connectivity index (χ0) is 12.3. The standard InChI is InChI=1S/C13H18O3S/c1-17(14,15)16-13-10-6-5-9-12(13)11-7-3-2-4-8-11/h2-4,7-8,12-13H,5-6,9-10H2,1H3/t12-,13-/m0/s1. The van der Waals surface area contributed by atoms with Crippen LogP contribution >= 0.6 is 0 Å². The zero-order valence-electron chi connectivity index (χ0n) is 10.0. The van der Waals surface area contributed by atoms with E-state index in [-0.39, 0.29) is 12.0 Å². The van der Waals surface area contributed by atoms with Crippen molar-refractivity contribution in [1.82, 2.24) is 0 Å². The van der Waals surface area contributed by atoms with Gasteiger partial charge < -0.3 is 0 Å². The molecular formula is C13H18O3S. The molecule has 0 N–H and O–H groups in total. The summed E-state index contributed by atoms with van der Waals surface area (Å²) < 4.78 is 27.7. The van der Waals surface area contributed by atoms with Crippen molar-refractivity contribution in [3.05, 3.63) is 35.9 Å². The Kier molecular flexibility index (Phi) is 3.84. The van der Waals surface area contributed by atoms with Gasteiger partial charge >= 0.3 is 0 Å². The molecule has 0 unspecified atom stereocenters. The minimum atomic E-state index is -3.36. The molecule has 0 heterocycles. The first-order valence-corrected chi connectivity index (χ1v) is 7.81. The molecule has 2 atom stereocenters. The van der Waals surface area contributed by atoms with E-state index < -0.39 is 10.1 Å². The molecule has 0 amide bonds. The van der Waals surface area contributed by atoms with Gasteiger partial charge in [-0.25, -0.2) is 0 Å². The number of benzene rings is 1. The molecule has 0 saturated heterocycles. The fourth-order valence-electron chi connectivity index (χ4n) is 2.52. The highest BCUT2D eigenvalue weighted by molar-refractivity contribution is 7.86. The molecule has 0 aromatic heterocycles. The predicted molar refractivity (Wildman–Crippen MR) is 67.4 cm³/mol. The van der Waals surface area contributed by atoms with Gasteiger partial charge in [-0.1, -0.05) is 43.2 Å². The Hall–Kier alpha value is -0.870. The molecule has 0 aliphatic heterocycles. The number of hydrogen-bond acceptors (Lipinski definition) is 3. The highest BCUT2D eigenvalue weighted by Gasteiger charge is 2.29. The second-order valence-electron chi connectivity index (χ2n) is 4.64. The fraction of sp³-hybridized carbons (Fsp3) is 0.538. The summed E-state index contributed by atoms with van der Waals surface area (Å²) in [6, 6.07) is 10.0. The second-order valence-corrected chi connectivity index (χ2v) is 6.24. The lowest BCUT2D eigenvalue weighted by molar-refractivity contribution is 0.138. The third-order valence-corrected chi connectivity index (χ3v) is 3.83. The molecule has 1 saturated carbocycles. The summed E-state index contributed by atoms with van der Waals surface area (Å²) in [5.41, 5.74) is 1.18. The van der Waals surface area contributed by atoms with Gasteiger partial charge in [0.2, 0.25) is 0 Å². The predicted octanol–water partition coefficient (Wildman–Crippen LogP) is 2.69. The van der Waals surface area contributed by atoms with Crippen LogP contribution in [0.1, 0.15) is 37.2 Å². The summed E-state index contributed by atoms with van der Waals surface area (Å²) in [6.45, 7) is 0. The molecule has 1 aliphatic carbocycles. The van der Waals surface area contributed by atoms with Crippen molar-refractivity contribution in [2.75, 3.05) is 6.26 Å². The monoisotopic (exact) mass is 254 g/mol. The van der Waals surface area contributed by atoms with Crippen molar-refractivity contribution in [2.45, 2.75) is 37.7 Å². The molecule has 2 rings (SSSR count).